The lowest BCUT2D eigenvalue weighted by Crippen LogP contribution is -2.60. The van der Waals surface area contributed by atoms with E-state index < -0.39 is 0 Å². The summed E-state index contributed by atoms with van der Waals surface area (Å²) in [5, 5.41) is 12.6. The molecule has 2 heterocycles. The lowest BCUT2D eigenvalue weighted by atomic mass is 9.80. The van der Waals surface area contributed by atoms with Crippen molar-refractivity contribution in [3.05, 3.63) is 21.9 Å². The first kappa shape index (κ1) is 20.6. The first-order valence-corrected chi connectivity index (χ1v) is 11.0. The highest BCUT2D eigenvalue weighted by Gasteiger charge is 2.39. The Kier molecular flexibility index (Phi) is 7.52. The van der Waals surface area contributed by atoms with E-state index in [0.29, 0.717) is 19.6 Å². The Labute approximate surface area is 166 Å². The molecule has 1 aromatic rings. The van der Waals surface area contributed by atoms with Crippen LogP contribution in [0.25, 0.3) is 0 Å². The molecule has 2 N–H and O–H groups in total. The van der Waals surface area contributed by atoms with Gasteiger partial charge in [0.15, 0.2) is 0 Å². The van der Waals surface area contributed by atoms with E-state index in [2.05, 4.69) is 29.3 Å². The second kappa shape index (κ2) is 9.87. The molecule has 0 unspecified atom stereocenters. The van der Waals surface area contributed by atoms with Crippen molar-refractivity contribution >= 4 is 17.4 Å². The number of ether oxygens (including phenoxy) is 1. The van der Waals surface area contributed by atoms with Crippen LogP contribution in [0.4, 0.5) is 4.79 Å². The number of rotatable bonds is 7. The minimum atomic E-state index is -0.0756. The third-order valence-electron chi connectivity index (χ3n) is 5.83. The normalized spacial score (nSPS) is 20.4. The SMILES string of the molecule is Cc1ccc(CN(CCO)C(=O)NCC2(N3CCOCC3)CCCCC2)s1. The van der Waals surface area contributed by atoms with Gasteiger partial charge in [-0.3, -0.25) is 4.90 Å². The van der Waals surface area contributed by atoms with Crippen LogP contribution in [0.1, 0.15) is 41.9 Å². The Morgan fingerprint density at radius 3 is 2.67 bits per heavy atom. The lowest BCUT2D eigenvalue weighted by molar-refractivity contribution is -0.0361. The Balaban J connectivity index is 1.62. The van der Waals surface area contributed by atoms with Gasteiger partial charge in [-0.25, -0.2) is 4.79 Å². The molecule has 1 aliphatic heterocycles. The molecule has 0 radical (unpaired) electrons. The zero-order chi connectivity index (χ0) is 19.1. The van der Waals surface area contributed by atoms with Gasteiger partial charge >= 0.3 is 6.03 Å². The molecule has 152 valence electrons. The van der Waals surface area contributed by atoms with Gasteiger partial charge < -0.3 is 20.1 Å². The Morgan fingerprint density at radius 1 is 1.30 bits per heavy atom. The van der Waals surface area contributed by atoms with Crippen LogP contribution in [0.3, 0.4) is 0 Å². The molecule has 2 amide bonds. The van der Waals surface area contributed by atoms with E-state index in [4.69, 9.17) is 4.74 Å². The molecule has 27 heavy (non-hydrogen) atoms. The quantitative estimate of drug-likeness (QED) is 0.745. The average molecular weight is 396 g/mol. The maximum Gasteiger partial charge on any atom is 0.317 e. The van der Waals surface area contributed by atoms with Crippen molar-refractivity contribution in [1.29, 1.82) is 0 Å². The summed E-state index contributed by atoms with van der Waals surface area (Å²) in [5.74, 6) is 0. The molecule has 1 aromatic heterocycles. The number of aliphatic hydroxyl groups is 1. The van der Waals surface area contributed by atoms with Crippen molar-refractivity contribution in [1.82, 2.24) is 15.1 Å². The van der Waals surface area contributed by atoms with Gasteiger partial charge in [-0.15, -0.1) is 11.3 Å². The topological polar surface area (TPSA) is 65.0 Å². The summed E-state index contributed by atoms with van der Waals surface area (Å²) < 4.78 is 5.54. The monoisotopic (exact) mass is 395 g/mol. The number of nitrogens with zero attached hydrogens (tertiary/aromatic N) is 2. The van der Waals surface area contributed by atoms with Crippen molar-refractivity contribution in [2.24, 2.45) is 0 Å². The molecule has 1 saturated heterocycles. The Bertz CT molecular complexity index is 595. The molecule has 0 spiro atoms. The Morgan fingerprint density at radius 2 is 2.04 bits per heavy atom. The second-order valence-electron chi connectivity index (χ2n) is 7.70. The largest absolute Gasteiger partial charge is 0.395 e. The number of thiophene rings is 1. The van der Waals surface area contributed by atoms with E-state index in [1.807, 2.05) is 0 Å². The van der Waals surface area contributed by atoms with Gasteiger partial charge in [0, 0.05) is 41.5 Å². The van der Waals surface area contributed by atoms with Crippen LogP contribution in [-0.4, -0.2) is 72.5 Å². The fourth-order valence-electron chi connectivity index (χ4n) is 4.34. The summed E-state index contributed by atoms with van der Waals surface area (Å²) in [6, 6.07) is 4.06. The number of urea groups is 1. The Hall–Kier alpha value is -1.15. The summed E-state index contributed by atoms with van der Waals surface area (Å²) in [7, 11) is 0. The van der Waals surface area contributed by atoms with E-state index in [0.717, 1.165) is 44.0 Å². The van der Waals surface area contributed by atoms with Gasteiger partial charge in [0.25, 0.3) is 0 Å². The minimum Gasteiger partial charge on any atom is -0.395 e. The first-order chi connectivity index (χ1) is 13.1. The highest BCUT2D eigenvalue weighted by Crippen LogP contribution is 2.34. The molecule has 2 aliphatic rings. The number of carbonyl (C=O) groups is 1. The van der Waals surface area contributed by atoms with Crippen molar-refractivity contribution in [2.45, 2.75) is 51.1 Å². The number of hydrogen-bond donors (Lipinski definition) is 2. The van der Waals surface area contributed by atoms with Crippen LogP contribution in [-0.2, 0) is 11.3 Å². The molecular weight excluding hydrogens is 362 g/mol. The van der Waals surface area contributed by atoms with E-state index >= 15 is 0 Å². The summed E-state index contributed by atoms with van der Waals surface area (Å²) in [6.07, 6.45) is 6.01. The number of aliphatic hydroxyl groups excluding tert-OH is 1. The number of nitrogens with one attached hydrogen (secondary N) is 1. The zero-order valence-electron chi connectivity index (χ0n) is 16.4. The minimum absolute atomic E-state index is 0.0214. The van der Waals surface area contributed by atoms with Crippen LogP contribution < -0.4 is 5.32 Å². The van der Waals surface area contributed by atoms with Crippen molar-refractivity contribution < 1.29 is 14.6 Å². The fourth-order valence-corrected chi connectivity index (χ4v) is 5.24. The fraction of sp³-hybridized carbons (Fsp3) is 0.750. The van der Waals surface area contributed by atoms with Crippen LogP contribution >= 0.6 is 11.3 Å². The van der Waals surface area contributed by atoms with Crippen LogP contribution in [0.15, 0.2) is 12.1 Å². The van der Waals surface area contributed by atoms with E-state index in [1.54, 1.807) is 16.2 Å². The molecule has 0 atom stereocenters. The van der Waals surface area contributed by atoms with Gasteiger partial charge in [0.05, 0.1) is 26.4 Å². The molecule has 1 saturated carbocycles. The zero-order valence-corrected chi connectivity index (χ0v) is 17.2. The number of amides is 2. The van der Waals surface area contributed by atoms with E-state index in [9.17, 15) is 9.90 Å². The third-order valence-corrected chi connectivity index (χ3v) is 6.82. The highest BCUT2D eigenvalue weighted by molar-refractivity contribution is 7.11. The predicted molar refractivity (Wildman–Crippen MR) is 108 cm³/mol. The number of carbonyl (C=O) groups excluding carboxylic acids is 1. The molecule has 0 bridgehead atoms. The van der Waals surface area contributed by atoms with Crippen molar-refractivity contribution in [3.8, 4) is 0 Å². The lowest BCUT2D eigenvalue weighted by Gasteiger charge is -2.48. The van der Waals surface area contributed by atoms with Gasteiger partial charge in [0.2, 0.25) is 0 Å². The van der Waals surface area contributed by atoms with Crippen molar-refractivity contribution in [3.63, 3.8) is 0 Å². The van der Waals surface area contributed by atoms with E-state index in [1.165, 1.54) is 24.1 Å². The first-order valence-electron chi connectivity index (χ1n) is 10.1. The molecule has 7 heteroatoms. The molecule has 6 nitrogen and oxygen atoms in total. The summed E-state index contributed by atoms with van der Waals surface area (Å²) in [5.41, 5.74) is 0.0576. The van der Waals surface area contributed by atoms with Gasteiger partial charge in [0.1, 0.15) is 0 Å². The highest BCUT2D eigenvalue weighted by atomic mass is 32.1. The maximum atomic E-state index is 12.9. The number of aryl methyl sites for hydroxylation is 1. The van der Waals surface area contributed by atoms with Gasteiger partial charge in [-0.2, -0.15) is 0 Å². The second-order valence-corrected chi connectivity index (χ2v) is 9.07. The van der Waals surface area contributed by atoms with Crippen molar-refractivity contribution in [2.75, 3.05) is 46.0 Å². The predicted octanol–water partition coefficient (Wildman–Crippen LogP) is 2.60. The van der Waals surface area contributed by atoms with Crippen LogP contribution in [0.5, 0.6) is 0 Å². The molecule has 1 aliphatic carbocycles. The molecular formula is C20H33N3O3S. The van der Waals surface area contributed by atoms with Crippen LogP contribution in [0, 0.1) is 6.92 Å². The number of hydrogen-bond acceptors (Lipinski definition) is 5. The van der Waals surface area contributed by atoms with Gasteiger partial charge in [-0.1, -0.05) is 19.3 Å². The molecule has 2 fully saturated rings. The third kappa shape index (κ3) is 5.44. The van der Waals surface area contributed by atoms with Gasteiger partial charge in [-0.05, 0) is 31.9 Å². The van der Waals surface area contributed by atoms with E-state index in [-0.39, 0.29) is 18.2 Å². The standard InChI is InChI=1S/C20H33N3O3S/c1-17-5-6-18(27-17)15-22(9-12-24)19(25)21-16-20(7-3-2-4-8-20)23-10-13-26-14-11-23/h5-6,24H,2-4,7-16H2,1H3,(H,21,25). The molecule has 0 aromatic carbocycles. The average Bonchev–Trinajstić information content (AvgIpc) is 3.12. The maximum absolute atomic E-state index is 12.9. The number of morpholine rings is 1. The summed E-state index contributed by atoms with van der Waals surface area (Å²) in [4.78, 5) is 19.5. The summed E-state index contributed by atoms with van der Waals surface area (Å²) in [6.45, 7) is 7.09. The molecule has 3 rings (SSSR count). The smallest absolute Gasteiger partial charge is 0.317 e. The summed E-state index contributed by atoms with van der Waals surface area (Å²) >= 11 is 1.70. The van der Waals surface area contributed by atoms with Crippen LogP contribution in [0.2, 0.25) is 0 Å².